The molecule has 0 unspecified atom stereocenters. The van der Waals surface area contributed by atoms with Gasteiger partial charge in [0.25, 0.3) is 5.91 Å². The molecule has 0 aliphatic carbocycles. The summed E-state index contributed by atoms with van der Waals surface area (Å²) in [7, 11) is 0. The van der Waals surface area contributed by atoms with E-state index in [9.17, 15) is 9.18 Å². The Hall–Kier alpha value is -0.600. The van der Waals surface area contributed by atoms with Gasteiger partial charge in [-0.3, -0.25) is 4.79 Å². The van der Waals surface area contributed by atoms with Gasteiger partial charge in [-0.05, 0) is 33.1 Å². The number of halogens is 1. The van der Waals surface area contributed by atoms with Gasteiger partial charge >= 0.3 is 0 Å². The molecule has 0 spiro atoms. The van der Waals surface area contributed by atoms with E-state index in [2.05, 4.69) is 0 Å². The fourth-order valence-electron chi connectivity index (χ4n) is 1.47. The van der Waals surface area contributed by atoms with Gasteiger partial charge in [-0.1, -0.05) is 0 Å². The van der Waals surface area contributed by atoms with Crippen LogP contribution in [-0.2, 0) is 4.79 Å². The van der Waals surface area contributed by atoms with Gasteiger partial charge in [-0.15, -0.1) is 0 Å². The number of hydrogen-bond donors (Lipinski definition) is 0. The molecule has 1 amide bonds. The SMILES string of the molecule is CC(C)(F)C(=O)N1CCCCC1. The van der Waals surface area contributed by atoms with Gasteiger partial charge < -0.3 is 4.90 Å². The van der Waals surface area contributed by atoms with Crippen molar-refractivity contribution in [2.75, 3.05) is 13.1 Å². The number of carbonyl (C=O) groups excluding carboxylic acids is 1. The Labute approximate surface area is 72.7 Å². The van der Waals surface area contributed by atoms with E-state index < -0.39 is 5.67 Å². The molecule has 0 radical (unpaired) electrons. The fourth-order valence-corrected chi connectivity index (χ4v) is 1.47. The Balaban J connectivity index is 2.51. The predicted molar refractivity (Wildman–Crippen MR) is 45.6 cm³/mol. The van der Waals surface area contributed by atoms with Crippen LogP contribution in [0.15, 0.2) is 0 Å². The van der Waals surface area contributed by atoms with Crippen molar-refractivity contribution in [1.29, 1.82) is 0 Å². The highest BCUT2D eigenvalue weighted by atomic mass is 19.1. The van der Waals surface area contributed by atoms with Gasteiger partial charge in [0.1, 0.15) is 0 Å². The van der Waals surface area contributed by atoms with E-state index in [-0.39, 0.29) is 5.91 Å². The molecule has 1 saturated heterocycles. The second-order valence-electron chi connectivity index (χ2n) is 3.83. The average Bonchev–Trinajstić information content (AvgIpc) is 2.03. The standard InChI is InChI=1S/C9H16FNO/c1-9(2,10)8(12)11-6-4-3-5-7-11/h3-7H2,1-2H3. The van der Waals surface area contributed by atoms with Crippen molar-refractivity contribution in [3.05, 3.63) is 0 Å². The maximum atomic E-state index is 13.2. The quantitative estimate of drug-likeness (QED) is 0.591. The zero-order chi connectivity index (χ0) is 9.19. The lowest BCUT2D eigenvalue weighted by molar-refractivity contribution is -0.142. The zero-order valence-corrected chi connectivity index (χ0v) is 7.77. The van der Waals surface area contributed by atoms with Crippen LogP contribution in [0.1, 0.15) is 33.1 Å². The zero-order valence-electron chi connectivity index (χ0n) is 7.77. The lowest BCUT2D eigenvalue weighted by Gasteiger charge is -2.30. The van der Waals surface area contributed by atoms with E-state index in [4.69, 9.17) is 0 Å². The first kappa shape index (κ1) is 9.49. The highest BCUT2D eigenvalue weighted by Gasteiger charge is 2.31. The Morgan fingerprint density at radius 1 is 1.25 bits per heavy atom. The summed E-state index contributed by atoms with van der Waals surface area (Å²) in [4.78, 5) is 13.0. The molecule has 0 aromatic heterocycles. The lowest BCUT2D eigenvalue weighted by Crippen LogP contribution is -2.44. The molecule has 70 valence electrons. The Kier molecular flexibility index (Phi) is 2.70. The van der Waals surface area contributed by atoms with E-state index in [1.54, 1.807) is 4.90 Å². The molecule has 0 N–H and O–H groups in total. The molecule has 1 aliphatic heterocycles. The first-order valence-electron chi connectivity index (χ1n) is 4.50. The van der Waals surface area contributed by atoms with Crippen molar-refractivity contribution in [2.24, 2.45) is 0 Å². The number of likely N-dealkylation sites (tertiary alicyclic amines) is 1. The van der Waals surface area contributed by atoms with Crippen LogP contribution in [0.5, 0.6) is 0 Å². The number of carbonyl (C=O) groups is 1. The Morgan fingerprint density at radius 2 is 1.75 bits per heavy atom. The largest absolute Gasteiger partial charge is 0.340 e. The van der Waals surface area contributed by atoms with Crippen LogP contribution in [0.3, 0.4) is 0 Å². The molecule has 1 fully saturated rings. The number of nitrogens with zero attached hydrogens (tertiary/aromatic N) is 1. The molecule has 1 rings (SSSR count). The second kappa shape index (κ2) is 3.42. The van der Waals surface area contributed by atoms with Crippen LogP contribution >= 0.6 is 0 Å². The highest BCUT2D eigenvalue weighted by Crippen LogP contribution is 2.17. The third kappa shape index (κ3) is 2.19. The Morgan fingerprint density at radius 3 is 2.17 bits per heavy atom. The molecule has 12 heavy (non-hydrogen) atoms. The molecule has 0 bridgehead atoms. The van der Waals surface area contributed by atoms with Crippen molar-refractivity contribution >= 4 is 5.91 Å². The summed E-state index contributed by atoms with van der Waals surface area (Å²) >= 11 is 0. The summed E-state index contributed by atoms with van der Waals surface area (Å²) in [5.74, 6) is -0.359. The van der Waals surface area contributed by atoms with Gasteiger partial charge in [0.05, 0.1) is 0 Å². The maximum Gasteiger partial charge on any atom is 0.259 e. The van der Waals surface area contributed by atoms with Gasteiger partial charge in [0.15, 0.2) is 5.67 Å². The summed E-state index contributed by atoms with van der Waals surface area (Å²) in [6.07, 6.45) is 3.19. The normalized spacial score (nSPS) is 19.4. The van der Waals surface area contributed by atoms with E-state index in [0.29, 0.717) is 0 Å². The summed E-state index contributed by atoms with van der Waals surface area (Å²) < 4.78 is 13.2. The minimum absolute atomic E-state index is 0.359. The van der Waals surface area contributed by atoms with Crippen molar-refractivity contribution in [3.63, 3.8) is 0 Å². The number of piperidine rings is 1. The second-order valence-corrected chi connectivity index (χ2v) is 3.83. The van der Waals surface area contributed by atoms with Gasteiger partial charge in [0, 0.05) is 13.1 Å². The molecule has 2 nitrogen and oxygen atoms in total. The van der Waals surface area contributed by atoms with E-state index in [1.807, 2.05) is 0 Å². The summed E-state index contributed by atoms with van der Waals surface area (Å²) in [5, 5.41) is 0. The third-order valence-corrected chi connectivity index (χ3v) is 2.15. The smallest absolute Gasteiger partial charge is 0.259 e. The predicted octanol–water partition coefficient (Wildman–Crippen LogP) is 1.75. The van der Waals surface area contributed by atoms with Gasteiger partial charge in [-0.2, -0.15) is 0 Å². The van der Waals surface area contributed by atoms with Crippen LogP contribution in [0.4, 0.5) is 4.39 Å². The van der Waals surface area contributed by atoms with Crippen LogP contribution in [0.2, 0.25) is 0 Å². The number of amides is 1. The van der Waals surface area contributed by atoms with E-state index in [1.165, 1.54) is 13.8 Å². The number of rotatable bonds is 1. The van der Waals surface area contributed by atoms with Gasteiger partial charge in [-0.25, -0.2) is 4.39 Å². The molecular formula is C9H16FNO. The summed E-state index contributed by atoms with van der Waals surface area (Å²) in [6, 6.07) is 0. The minimum atomic E-state index is -1.70. The van der Waals surface area contributed by atoms with Crippen molar-refractivity contribution < 1.29 is 9.18 Å². The summed E-state index contributed by atoms with van der Waals surface area (Å²) in [5.41, 5.74) is -1.70. The molecular weight excluding hydrogens is 157 g/mol. The molecule has 3 heteroatoms. The van der Waals surface area contributed by atoms with Crippen LogP contribution in [0.25, 0.3) is 0 Å². The van der Waals surface area contributed by atoms with Crippen LogP contribution in [-0.4, -0.2) is 29.6 Å². The first-order valence-corrected chi connectivity index (χ1v) is 4.50. The van der Waals surface area contributed by atoms with E-state index >= 15 is 0 Å². The lowest BCUT2D eigenvalue weighted by atomic mass is 10.1. The third-order valence-electron chi connectivity index (χ3n) is 2.15. The highest BCUT2D eigenvalue weighted by molar-refractivity contribution is 5.84. The Bertz CT molecular complexity index is 168. The van der Waals surface area contributed by atoms with Crippen LogP contribution in [0, 0.1) is 0 Å². The molecule has 0 aromatic carbocycles. The first-order chi connectivity index (χ1) is 5.52. The molecule has 1 heterocycles. The minimum Gasteiger partial charge on any atom is -0.340 e. The number of hydrogen-bond acceptors (Lipinski definition) is 1. The van der Waals surface area contributed by atoms with Crippen molar-refractivity contribution in [1.82, 2.24) is 4.90 Å². The molecule has 0 saturated carbocycles. The van der Waals surface area contributed by atoms with E-state index in [0.717, 1.165) is 32.4 Å². The van der Waals surface area contributed by atoms with Crippen molar-refractivity contribution in [2.45, 2.75) is 38.8 Å². The number of alkyl halides is 1. The summed E-state index contributed by atoms with van der Waals surface area (Å²) in [6.45, 7) is 4.10. The molecule has 0 atom stereocenters. The van der Waals surface area contributed by atoms with Gasteiger partial charge in [0.2, 0.25) is 0 Å². The average molecular weight is 173 g/mol. The molecule has 0 aromatic rings. The van der Waals surface area contributed by atoms with Crippen LogP contribution < -0.4 is 0 Å². The monoisotopic (exact) mass is 173 g/mol. The topological polar surface area (TPSA) is 20.3 Å². The van der Waals surface area contributed by atoms with Crippen molar-refractivity contribution in [3.8, 4) is 0 Å². The molecule has 1 aliphatic rings. The fraction of sp³-hybridized carbons (Fsp3) is 0.889. The maximum absolute atomic E-state index is 13.2.